The van der Waals surface area contributed by atoms with Crippen molar-refractivity contribution in [3.63, 3.8) is 0 Å². The average Bonchev–Trinajstić information content (AvgIpc) is 2.63. The van der Waals surface area contributed by atoms with Gasteiger partial charge < -0.3 is 10.1 Å². The maximum absolute atomic E-state index is 5.37. The van der Waals surface area contributed by atoms with Gasteiger partial charge in [0.2, 0.25) is 0 Å². The smallest absolute Gasteiger partial charge is 0.119 e. The number of nitrogens with one attached hydrogen (secondary N) is 1. The highest BCUT2D eigenvalue weighted by atomic mass is 16.5. The van der Waals surface area contributed by atoms with Gasteiger partial charge in [0.15, 0.2) is 0 Å². The number of methoxy groups -OCH3 is 1. The summed E-state index contributed by atoms with van der Waals surface area (Å²) in [4.78, 5) is 0. The zero-order chi connectivity index (χ0) is 12.5. The summed E-state index contributed by atoms with van der Waals surface area (Å²) in [7, 11) is 1.74. The fraction of sp³-hybridized carbons (Fsp3) is 0.600. The molecule has 1 aromatic rings. The van der Waals surface area contributed by atoms with Crippen LogP contribution in [0.3, 0.4) is 0 Å². The van der Waals surface area contributed by atoms with E-state index in [9.17, 15) is 0 Å². The second-order valence-corrected chi connectivity index (χ2v) is 6.42. The van der Waals surface area contributed by atoms with E-state index in [-0.39, 0.29) is 5.41 Å². The van der Waals surface area contributed by atoms with Crippen LogP contribution in [0.2, 0.25) is 0 Å². The molecule has 1 saturated carbocycles. The normalized spacial score (nSPS) is 25.2. The molecule has 1 fully saturated rings. The van der Waals surface area contributed by atoms with Crippen LogP contribution in [-0.2, 0) is 5.41 Å². The van der Waals surface area contributed by atoms with Crippen LogP contribution in [0.15, 0.2) is 18.2 Å². The molecule has 92 valence electrons. The van der Waals surface area contributed by atoms with Crippen LogP contribution in [0.25, 0.3) is 0 Å². The van der Waals surface area contributed by atoms with Crippen LogP contribution >= 0.6 is 0 Å². The number of hydrogen-bond acceptors (Lipinski definition) is 2. The van der Waals surface area contributed by atoms with Gasteiger partial charge >= 0.3 is 0 Å². The van der Waals surface area contributed by atoms with Crippen LogP contribution in [0.4, 0.5) is 5.69 Å². The lowest BCUT2D eigenvalue weighted by Crippen LogP contribution is -2.18. The minimum Gasteiger partial charge on any atom is -0.497 e. The van der Waals surface area contributed by atoms with E-state index in [2.05, 4.69) is 45.1 Å². The number of ether oxygens (including phenoxy) is 1. The molecule has 1 heterocycles. The first-order valence-electron chi connectivity index (χ1n) is 6.31. The van der Waals surface area contributed by atoms with Crippen molar-refractivity contribution in [2.24, 2.45) is 10.8 Å². The average molecular weight is 231 g/mol. The number of rotatable bonds is 1. The molecule has 2 nitrogen and oxygen atoms in total. The topological polar surface area (TPSA) is 21.3 Å². The third-order valence-corrected chi connectivity index (χ3v) is 5.86. The van der Waals surface area contributed by atoms with Gasteiger partial charge in [0.25, 0.3) is 0 Å². The number of anilines is 1. The third kappa shape index (κ3) is 0.943. The molecule has 2 heteroatoms. The second-order valence-electron chi connectivity index (χ2n) is 6.42. The van der Waals surface area contributed by atoms with Gasteiger partial charge in [-0.3, -0.25) is 0 Å². The molecule has 0 radical (unpaired) electrons. The molecular weight excluding hydrogens is 210 g/mol. The molecule has 0 saturated heterocycles. The standard InChI is InChI=1S/C15H21NO/c1-13(2)14(3,4)15(13)9-16-12-7-6-10(17-5)8-11(12)15/h6-8,16H,9H2,1-5H3. The van der Waals surface area contributed by atoms with E-state index in [0.29, 0.717) is 10.8 Å². The summed E-state index contributed by atoms with van der Waals surface area (Å²) < 4.78 is 5.37. The monoisotopic (exact) mass is 231 g/mol. The van der Waals surface area contributed by atoms with Crippen molar-refractivity contribution in [1.29, 1.82) is 0 Å². The molecule has 1 aliphatic heterocycles. The zero-order valence-electron chi connectivity index (χ0n) is 11.3. The molecule has 2 aliphatic rings. The number of benzene rings is 1. The van der Waals surface area contributed by atoms with Gasteiger partial charge in [0.05, 0.1) is 7.11 Å². The Kier molecular flexibility index (Phi) is 1.80. The Hall–Kier alpha value is -1.18. The van der Waals surface area contributed by atoms with Crippen molar-refractivity contribution >= 4 is 5.69 Å². The van der Waals surface area contributed by atoms with Gasteiger partial charge in [-0.2, -0.15) is 0 Å². The predicted octanol–water partition coefficient (Wildman–Crippen LogP) is 3.42. The maximum atomic E-state index is 5.37. The molecule has 1 spiro atoms. The molecule has 1 N–H and O–H groups in total. The van der Waals surface area contributed by atoms with Crippen molar-refractivity contribution < 1.29 is 4.74 Å². The summed E-state index contributed by atoms with van der Waals surface area (Å²) in [6.45, 7) is 10.6. The largest absolute Gasteiger partial charge is 0.497 e. The molecule has 3 rings (SSSR count). The Morgan fingerprint density at radius 1 is 1.12 bits per heavy atom. The highest BCUT2D eigenvalue weighted by molar-refractivity contribution is 5.68. The maximum Gasteiger partial charge on any atom is 0.119 e. The molecule has 1 aromatic carbocycles. The Morgan fingerprint density at radius 3 is 2.29 bits per heavy atom. The van der Waals surface area contributed by atoms with Crippen molar-refractivity contribution in [3.05, 3.63) is 23.8 Å². The van der Waals surface area contributed by atoms with E-state index in [1.54, 1.807) is 7.11 Å². The molecule has 0 atom stereocenters. The van der Waals surface area contributed by atoms with Crippen LogP contribution in [0, 0.1) is 10.8 Å². The Labute approximate surface area is 103 Å². The third-order valence-electron chi connectivity index (χ3n) is 5.86. The molecule has 0 bridgehead atoms. The quantitative estimate of drug-likeness (QED) is 0.799. The van der Waals surface area contributed by atoms with Crippen molar-refractivity contribution in [2.75, 3.05) is 19.0 Å². The van der Waals surface area contributed by atoms with E-state index in [1.165, 1.54) is 11.3 Å². The minimum atomic E-state index is 0.268. The fourth-order valence-corrected chi connectivity index (χ4v) is 4.02. The van der Waals surface area contributed by atoms with E-state index < -0.39 is 0 Å². The number of hydrogen-bond donors (Lipinski definition) is 1. The molecule has 0 amide bonds. The van der Waals surface area contributed by atoms with E-state index in [1.807, 2.05) is 6.07 Å². The van der Waals surface area contributed by atoms with Crippen LogP contribution < -0.4 is 10.1 Å². The Morgan fingerprint density at radius 2 is 1.76 bits per heavy atom. The summed E-state index contributed by atoms with van der Waals surface area (Å²) in [6.07, 6.45) is 0. The van der Waals surface area contributed by atoms with Gasteiger partial charge in [-0.1, -0.05) is 27.7 Å². The Balaban J connectivity index is 2.17. The van der Waals surface area contributed by atoms with Crippen LogP contribution in [0.5, 0.6) is 5.75 Å². The van der Waals surface area contributed by atoms with Crippen molar-refractivity contribution in [1.82, 2.24) is 0 Å². The van der Waals surface area contributed by atoms with Gasteiger partial charge in [-0.25, -0.2) is 0 Å². The highest BCUT2D eigenvalue weighted by Crippen LogP contribution is 2.80. The summed E-state index contributed by atoms with van der Waals surface area (Å²) in [5, 5.41) is 3.56. The molecule has 0 unspecified atom stereocenters. The van der Waals surface area contributed by atoms with Crippen molar-refractivity contribution in [2.45, 2.75) is 33.1 Å². The molecule has 0 aromatic heterocycles. The van der Waals surface area contributed by atoms with E-state index in [0.717, 1.165) is 12.3 Å². The lowest BCUT2D eigenvalue weighted by Gasteiger charge is -2.15. The molecular formula is C15H21NO. The van der Waals surface area contributed by atoms with Crippen LogP contribution in [-0.4, -0.2) is 13.7 Å². The summed E-state index contributed by atoms with van der Waals surface area (Å²) in [5.74, 6) is 0.963. The minimum absolute atomic E-state index is 0.268. The second kappa shape index (κ2) is 2.80. The first-order valence-corrected chi connectivity index (χ1v) is 6.31. The first-order chi connectivity index (χ1) is 7.88. The SMILES string of the molecule is COc1ccc2c(c1)C1(CN2)C(C)(C)C1(C)C. The van der Waals surface area contributed by atoms with Crippen molar-refractivity contribution in [3.8, 4) is 5.75 Å². The first kappa shape index (κ1) is 10.9. The summed E-state index contributed by atoms with van der Waals surface area (Å²) in [5.41, 5.74) is 3.66. The van der Waals surface area contributed by atoms with Gasteiger partial charge in [-0.15, -0.1) is 0 Å². The van der Waals surface area contributed by atoms with Gasteiger partial charge in [-0.05, 0) is 34.6 Å². The van der Waals surface area contributed by atoms with E-state index >= 15 is 0 Å². The molecule has 1 aliphatic carbocycles. The summed E-state index contributed by atoms with van der Waals surface area (Å²) >= 11 is 0. The van der Waals surface area contributed by atoms with Gasteiger partial charge in [0, 0.05) is 17.6 Å². The zero-order valence-corrected chi connectivity index (χ0v) is 11.3. The summed E-state index contributed by atoms with van der Waals surface area (Å²) in [6, 6.07) is 6.40. The van der Waals surface area contributed by atoms with E-state index in [4.69, 9.17) is 4.74 Å². The Bertz CT molecular complexity index is 474. The molecule has 17 heavy (non-hydrogen) atoms. The predicted molar refractivity (Wildman–Crippen MR) is 70.7 cm³/mol. The van der Waals surface area contributed by atoms with Gasteiger partial charge in [0.1, 0.15) is 5.75 Å². The lowest BCUT2D eigenvalue weighted by molar-refractivity contribution is 0.413. The fourth-order valence-electron chi connectivity index (χ4n) is 4.02. The van der Waals surface area contributed by atoms with Crippen LogP contribution in [0.1, 0.15) is 33.3 Å². The number of fused-ring (bicyclic) bond motifs is 2. The highest BCUT2D eigenvalue weighted by Gasteiger charge is 2.78. The lowest BCUT2D eigenvalue weighted by atomic mass is 9.88.